The number of para-hydroxylation sites is 3. The van der Waals surface area contributed by atoms with E-state index in [0.717, 1.165) is 22.2 Å². The molecule has 0 saturated heterocycles. The van der Waals surface area contributed by atoms with E-state index in [4.69, 9.17) is 9.97 Å². The monoisotopic (exact) mass is 475 g/mol. The molecule has 0 fully saturated rings. The topological polar surface area (TPSA) is 30.2 Å². The summed E-state index contributed by atoms with van der Waals surface area (Å²) >= 11 is 1.87. The molecule has 5 aromatic carbocycles. The second-order valence-corrected chi connectivity index (χ2v) is 10.5. The Bertz CT molecular complexity index is 2310. The van der Waals surface area contributed by atoms with Crippen LogP contribution < -0.4 is 0 Å². The summed E-state index contributed by atoms with van der Waals surface area (Å²) in [5.74, 6) is 0. The van der Waals surface area contributed by atoms with Gasteiger partial charge in [0.1, 0.15) is 5.52 Å². The minimum atomic E-state index is 0.924. The molecule has 0 saturated carbocycles. The van der Waals surface area contributed by atoms with Crippen molar-refractivity contribution in [1.29, 1.82) is 0 Å². The Kier molecular flexibility index (Phi) is 3.42. The van der Waals surface area contributed by atoms with Crippen molar-refractivity contribution >= 4 is 80.9 Å². The van der Waals surface area contributed by atoms with Gasteiger partial charge in [-0.1, -0.05) is 66.7 Å². The molecule has 0 radical (unpaired) electrons. The van der Waals surface area contributed by atoms with Crippen molar-refractivity contribution in [3.05, 3.63) is 103 Å². The van der Waals surface area contributed by atoms with Crippen molar-refractivity contribution in [3.63, 3.8) is 0 Å². The van der Waals surface area contributed by atoms with Crippen LogP contribution in [0.25, 0.3) is 80.7 Å². The van der Waals surface area contributed by atoms with Crippen molar-refractivity contribution in [2.24, 2.45) is 0 Å². The molecule has 0 aliphatic carbocycles. The van der Waals surface area contributed by atoms with Crippen LogP contribution in [0, 0.1) is 0 Å². The Hall–Kier alpha value is -4.54. The standard InChI is InChI=1S/C32H17N3S/c1-2-8-18(9-3-1)19-14-15-26-22(16-19)28-27(36-26)17-21-20-10-4-7-13-25(20)35-31(21)29(28)30-32(35)34-24-12-6-5-11-23(24)33-30/h1-17H. The molecular weight excluding hydrogens is 458 g/mol. The van der Waals surface area contributed by atoms with Gasteiger partial charge in [-0.05, 0) is 47.5 Å². The van der Waals surface area contributed by atoms with Crippen LogP contribution >= 0.6 is 11.3 Å². The summed E-state index contributed by atoms with van der Waals surface area (Å²) in [5.41, 5.74) is 8.64. The summed E-state index contributed by atoms with van der Waals surface area (Å²) in [6.07, 6.45) is 0. The Morgan fingerprint density at radius 2 is 1.33 bits per heavy atom. The number of aromatic nitrogens is 3. The van der Waals surface area contributed by atoms with E-state index in [1.165, 1.54) is 58.5 Å². The fourth-order valence-electron chi connectivity index (χ4n) is 5.96. The molecule has 0 unspecified atom stereocenters. The van der Waals surface area contributed by atoms with E-state index >= 15 is 0 Å². The van der Waals surface area contributed by atoms with Crippen molar-refractivity contribution in [2.75, 3.05) is 0 Å². The minimum absolute atomic E-state index is 0.924. The molecule has 0 atom stereocenters. The maximum Gasteiger partial charge on any atom is 0.165 e. The Labute approximate surface area is 209 Å². The van der Waals surface area contributed by atoms with E-state index in [1.807, 2.05) is 23.5 Å². The second kappa shape index (κ2) is 6.56. The number of thiophene rings is 1. The molecule has 9 rings (SSSR count). The maximum atomic E-state index is 5.21. The van der Waals surface area contributed by atoms with Gasteiger partial charge in [0.25, 0.3) is 0 Å². The molecule has 3 nitrogen and oxygen atoms in total. The third-order valence-electron chi connectivity index (χ3n) is 7.50. The highest BCUT2D eigenvalue weighted by molar-refractivity contribution is 7.26. The van der Waals surface area contributed by atoms with Gasteiger partial charge in [-0.2, -0.15) is 0 Å². The van der Waals surface area contributed by atoms with Gasteiger partial charge in [-0.25, -0.2) is 9.97 Å². The van der Waals surface area contributed by atoms with E-state index in [0.29, 0.717) is 0 Å². The molecule has 36 heavy (non-hydrogen) atoms. The lowest BCUT2D eigenvalue weighted by molar-refractivity contribution is 1.28. The zero-order valence-electron chi connectivity index (χ0n) is 19.1. The van der Waals surface area contributed by atoms with Gasteiger partial charge in [0.2, 0.25) is 0 Å². The summed E-state index contributed by atoms with van der Waals surface area (Å²) < 4.78 is 4.92. The Balaban J connectivity index is 1.56. The highest BCUT2D eigenvalue weighted by atomic mass is 32.1. The number of hydrogen-bond donors (Lipinski definition) is 0. The molecule has 0 amide bonds. The summed E-state index contributed by atoms with van der Waals surface area (Å²) in [6, 6.07) is 36.7. The maximum absolute atomic E-state index is 5.21. The first-order valence-corrected chi connectivity index (χ1v) is 12.9. The van der Waals surface area contributed by atoms with Crippen LogP contribution in [0.4, 0.5) is 0 Å². The first kappa shape index (κ1) is 18.7. The summed E-state index contributed by atoms with van der Waals surface area (Å²) in [4.78, 5) is 10.4. The van der Waals surface area contributed by atoms with Crippen molar-refractivity contribution < 1.29 is 0 Å². The number of benzene rings is 5. The van der Waals surface area contributed by atoms with Gasteiger partial charge < -0.3 is 0 Å². The summed E-state index contributed by atoms with van der Waals surface area (Å²) in [7, 11) is 0. The quantitative estimate of drug-likeness (QED) is 0.237. The van der Waals surface area contributed by atoms with Gasteiger partial charge in [-0.3, -0.25) is 4.40 Å². The molecule has 4 heteroatoms. The second-order valence-electron chi connectivity index (χ2n) is 9.44. The molecule has 0 bridgehead atoms. The lowest BCUT2D eigenvalue weighted by Gasteiger charge is -2.03. The highest BCUT2D eigenvalue weighted by Gasteiger charge is 2.24. The molecule has 4 heterocycles. The van der Waals surface area contributed by atoms with Gasteiger partial charge >= 0.3 is 0 Å². The van der Waals surface area contributed by atoms with Gasteiger partial charge in [0, 0.05) is 36.3 Å². The highest BCUT2D eigenvalue weighted by Crippen LogP contribution is 2.47. The smallest absolute Gasteiger partial charge is 0.165 e. The van der Waals surface area contributed by atoms with Gasteiger partial charge in [0.15, 0.2) is 5.65 Å². The largest absolute Gasteiger partial charge is 0.291 e. The zero-order valence-corrected chi connectivity index (χ0v) is 19.9. The van der Waals surface area contributed by atoms with E-state index in [2.05, 4.69) is 95.4 Å². The Morgan fingerprint density at radius 1 is 0.556 bits per heavy atom. The van der Waals surface area contributed by atoms with Crippen LogP contribution in [0.2, 0.25) is 0 Å². The predicted octanol–water partition coefficient (Wildman–Crippen LogP) is 8.81. The number of nitrogens with zero attached hydrogens (tertiary/aromatic N) is 3. The van der Waals surface area contributed by atoms with Crippen molar-refractivity contribution in [3.8, 4) is 11.1 Å². The molecule has 166 valence electrons. The number of hydrogen-bond acceptors (Lipinski definition) is 3. The molecule has 4 aromatic heterocycles. The van der Waals surface area contributed by atoms with Crippen LogP contribution in [0.5, 0.6) is 0 Å². The average molecular weight is 476 g/mol. The summed E-state index contributed by atoms with van der Waals surface area (Å²) in [6.45, 7) is 0. The van der Waals surface area contributed by atoms with Crippen molar-refractivity contribution in [1.82, 2.24) is 14.4 Å². The van der Waals surface area contributed by atoms with Gasteiger partial charge in [-0.15, -0.1) is 11.3 Å². The first-order valence-electron chi connectivity index (χ1n) is 12.1. The fourth-order valence-corrected chi connectivity index (χ4v) is 7.09. The van der Waals surface area contributed by atoms with Crippen LogP contribution in [0.1, 0.15) is 0 Å². The van der Waals surface area contributed by atoms with Crippen molar-refractivity contribution in [2.45, 2.75) is 0 Å². The lowest BCUT2D eigenvalue weighted by Crippen LogP contribution is -1.88. The van der Waals surface area contributed by atoms with E-state index < -0.39 is 0 Å². The zero-order chi connectivity index (χ0) is 23.4. The Morgan fingerprint density at radius 3 is 2.22 bits per heavy atom. The lowest BCUT2D eigenvalue weighted by atomic mass is 10.0. The third kappa shape index (κ3) is 2.27. The molecule has 0 aliphatic heterocycles. The van der Waals surface area contributed by atoms with E-state index in [9.17, 15) is 0 Å². The number of fused-ring (bicyclic) bond motifs is 11. The van der Waals surface area contributed by atoms with Crippen LogP contribution in [0.15, 0.2) is 103 Å². The van der Waals surface area contributed by atoms with Crippen LogP contribution in [-0.2, 0) is 0 Å². The molecule has 0 aliphatic rings. The molecule has 0 N–H and O–H groups in total. The minimum Gasteiger partial charge on any atom is -0.291 e. The van der Waals surface area contributed by atoms with E-state index in [1.54, 1.807) is 0 Å². The summed E-state index contributed by atoms with van der Waals surface area (Å²) in [5, 5.41) is 6.31. The van der Waals surface area contributed by atoms with Gasteiger partial charge in [0.05, 0.1) is 22.1 Å². The SMILES string of the molecule is c1ccc(-c2ccc3sc4cc5c6ccccc6n6c7nc8ccccc8nc7c(c4c3c2)c56)cc1. The fraction of sp³-hybridized carbons (Fsp3) is 0. The normalized spacial score (nSPS) is 12.4. The van der Waals surface area contributed by atoms with Crippen LogP contribution in [0.3, 0.4) is 0 Å². The first-order chi connectivity index (χ1) is 17.8. The third-order valence-corrected chi connectivity index (χ3v) is 8.62. The molecular formula is C32H17N3S. The van der Waals surface area contributed by atoms with E-state index in [-0.39, 0.29) is 0 Å². The molecule has 9 aromatic rings. The predicted molar refractivity (Wildman–Crippen MR) is 153 cm³/mol. The van der Waals surface area contributed by atoms with Crippen LogP contribution in [-0.4, -0.2) is 14.4 Å². The molecule has 0 spiro atoms. The average Bonchev–Trinajstić information content (AvgIpc) is 3.57. The number of rotatable bonds is 1.